The molecule has 124 valence electrons. The molecule has 0 bridgehead atoms. The maximum absolute atomic E-state index is 13.4. The number of aromatic nitrogens is 2. The topological polar surface area (TPSA) is 47.4 Å². The van der Waals surface area contributed by atoms with E-state index in [1.165, 1.54) is 12.1 Å². The van der Waals surface area contributed by atoms with Crippen LogP contribution in [0.4, 0.5) is 9.18 Å². The lowest BCUT2D eigenvalue weighted by atomic mass is 10.0. The maximum Gasteiger partial charge on any atom is 0.409 e. The van der Waals surface area contributed by atoms with Gasteiger partial charge in [0.05, 0.1) is 17.6 Å². The summed E-state index contributed by atoms with van der Waals surface area (Å²) in [5.74, 6) is 1.04. The van der Waals surface area contributed by atoms with Crippen molar-refractivity contribution >= 4 is 29.8 Å². The SMILES string of the molecule is CCOC(=O)N1CCC(n2c(CS)nc3cc(F)ccc32)CC1. The second-order valence-corrected chi connectivity index (χ2v) is 5.92. The number of hydrogen-bond donors (Lipinski definition) is 1. The Morgan fingerprint density at radius 1 is 1.43 bits per heavy atom. The first-order valence-electron chi connectivity index (χ1n) is 7.83. The molecule has 0 saturated carbocycles. The van der Waals surface area contributed by atoms with Crippen molar-refractivity contribution in [2.24, 2.45) is 0 Å². The van der Waals surface area contributed by atoms with Crippen LogP contribution in [0.15, 0.2) is 18.2 Å². The molecular formula is C16H20FN3O2S. The number of piperidine rings is 1. The first-order valence-corrected chi connectivity index (χ1v) is 8.46. The van der Waals surface area contributed by atoms with Gasteiger partial charge in [0.2, 0.25) is 0 Å². The number of rotatable bonds is 3. The average Bonchev–Trinajstić information content (AvgIpc) is 2.92. The molecule has 1 fully saturated rings. The van der Waals surface area contributed by atoms with Gasteiger partial charge >= 0.3 is 6.09 Å². The molecule has 1 aromatic carbocycles. The fourth-order valence-electron chi connectivity index (χ4n) is 3.16. The lowest BCUT2D eigenvalue weighted by molar-refractivity contribution is 0.0928. The number of carbonyl (C=O) groups excluding carboxylic acids is 1. The summed E-state index contributed by atoms with van der Waals surface area (Å²) in [5, 5.41) is 0. The van der Waals surface area contributed by atoms with Gasteiger partial charge in [-0.25, -0.2) is 14.2 Å². The third-order valence-corrected chi connectivity index (χ3v) is 4.50. The Hall–Kier alpha value is -1.76. The molecule has 1 saturated heterocycles. The first-order chi connectivity index (χ1) is 11.1. The molecule has 1 aromatic heterocycles. The molecule has 23 heavy (non-hydrogen) atoms. The third kappa shape index (κ3) is 3.15. The molecule has 3 rings (SSSR count). The van der Waals surface area contributed by atoms with Crippen molar-refractivity contribution in [3.8, 4) is 0 Å². The molecule has 1 aliphatic rings. The Labute approximate surface area is 139 Å². The van der Waals surface area contributed by atoms with E-state index >= 15 is 0 Å². The van der Waals surface area contributed by atoms with Gasteiger partial charge in [-0.15, -0.1) is 0 Å². The van der Waals surface area contributed by atoms with Gasteiger partial charge in [0, 0.05) is 31.0 Å². The molecule has 0 atom stereocenters. The van der Waals surface area contributed by atoms with Crippen molar-refractivity contribution in [1.82, 2.24) is 14.5 Å². The van der Waals surface area contributed by atoms with Crippen LogP contribution in [0.25, 0.3) is 11.0 Å². The quantitative estimate of drug-likeness (QED) is 0.873. The van der Waals surface area contributed by atoms with E-state index in [0.717, 1.165) is 24.2 Å². The predicted molar refractivity (Wildman–Crippen MR) is 89.2 cm³/mol. The highest BCUT2D eigenvalue weighted by Gasteiger charge is 2.27. The van der Waals surface area contributed by atoms with Gasteiger partial charge < -0.3 is 14.2 Å². The first kappa shape index (κ1) is 16.1. The van der Waals surface area contributed by atoms with E-state index in [4.69, 9.17) is 4.74 Å². The Morgan fingerprint density at radius 3 is 2.83 bits per heavy atom. The Kier molecular flexibility index (Phi) is 4.75. The minimum atomic E-state index is -0.287. The minimum Gasteiger partial charge on any atom is -0.450 e. The minimum absolute atomic E-state index is 0.235. The summed E-state index contributed by atoms with van der Waals surface area (Å²) in [6, 6.07) is 4.91. The molecule has 2 aromatic rings. The summed E-state index contributed by atoms with van der Waals surface area (Å²) >= 11 is 4.35. The number of thiol groups is 1. The van der Waals surface area contributed by atoms with Crippen LogP contribution < -0.4 is 0 Å². The number of carbonyl (C=O) groups is 1. The summed E-state index contributed by atoms with van der Waals surface area (Å²) in [6.45, 7) is 3.49. The van der Waals surface area contributed by atoms with Crippen LogP contribution in [0, 0.1) is 5.82 Å². The highest BCUT2D eigenvalue weighted by atomic mass is 32.1. The lowest BCUT2D eigenvalue weighted by Gasteiger charge is -2.32. The second kappa shape index (κ2) is 6.78. The van der Waals surface area contributed by atoms with Crippen molar-refractivity contribution < 1.29 is 13.9 Å². The van der Waals surface area contributed by atoms with Crippen molar-refractivity contribution in [1.29, 1.82) is 0 Å². The molecule has 5 nitrogen and oxygen atoms in total. The van der Waals surface area contributed by atoms with E-state index in [1.807, 2.05) is 0 Å². The van der Waals surface area contributed by atoms with Gasteiger partial charge in [0.25, 0.3) is 0 Å². The number of fused-ring (bicyclic) bond motifs is 1. The van der Waals surface area contributed by atoms with Crippen LogP contribution in [0.2, 0.25) is 0 Å². The van der Waals surface area contributed by atoms with Crippen molar-refractivity contribution in [3.63, 3.8) is 0 Å². The summed E-state index contributed by atoms with van der Waals surface area (Å²) in [4.78, 5) is 18.0. The number of imidazole rings is 1. The number of hydrogen-bond acceptors (Lipinski definition) is 4. The average molecular weight is 337 g/mol. The summed E-state index contributed by atoms with van der Waals surface area (Å²) in [7, 11) is 0. The van der Waals surface area contributed by atoms with Crippen molar-refractivity contribution in [3.05, 3.63) is 29.8 Å². The summed E-state index contributed by atoms with van der Waals surface area (Å²) in [5.41, 5.74) is 1.58. The van der Waals surface area contributed by atoms with Gasteiger partial charge in [-0.3, -0.25) is 0 Å². The molecule has 7 heteroatoms. The van der Waals surface area contributed by atoms with Crippen LogP contribution in [0.1, 0.15) is 31.6 Å². The third-order valence-electron chi connectivity index (χ3n) is 4.22. The van der Waals surface area contributed by atoms with E-state index in [0.29, 0.717) is 31.0 Å². The molecule has 1 amide bonds. The molecule has 0 spiro atoms. The Bertz CT molecular complexity index is 711. The Morgan fingerprint density at radius 2 is 2.17 bits per heavy atom. The van der Waals surface area contributed by atoms with Gasteiger partial charge in [0.1, 0.15) is 11.6 Å². The zero-order valence-corrected chi connectivity index (χ0v) is 13.9. The molecule has 0 aliphatic carbocycles. The number of benzene rings is 1. The van der Waals surface area contributed by atoms with Crippen molar-refractivity contribution in [2.45, 2.75) is 31.6 Å². The molecule has 1 aliphatic heterocycles. The van der Waals surface area contributed by atoms with Crippen LogP contribution in [-0.2, 0) is 10.5 Å². The van der Waals surface area contributed by atoms with Gasteiger partial charge in [-0.05, 0) is 31.9 Å². The van der Waals surface area contributed by atoms with E-state index in [9.17, 15) is 9.18 Å². The number of halogens is 1. The van der Waals surface area contributed by atoms with E-state index in [1.54, 1.807) is 17.9 Å². The van der Waals surface area contributed by atoms with Crippen LogP contribution >= 0.6 is 12.6 Å². The van der Waals surface area contributed by atoms with Gasteiger partial charge in [-0.2, -0.15) is 12.6 Å². The zero-order valence-electron chi connectivity index (χ0n) is 13.0. The molecule has 2 heterocycles. The van der Waals surface area contributed by atoms with E-state index in [-0.39, 0.29) is 18.0 Å². The highest BCUT2D eigenvalue weighted by molar-refractivity contribution is 7.79. The van der Waals surface area contributed by atoms with Gasteiger partial charge in [0.15, 0.2) is 0 Å². The zero-order chi connectivity index (χ0) is 16.4. The molecule has 0 unspecified atom stereocenters. The fourth-order valence-corrected chi connectivity index (χ4v) is 3.39. The largest absolute Gasteiger partial charge is 0.450 e. The Balaban J connectivity index is 1.83. The number of amides is 1. The summed E-state index contributed by atoms with van der Waals surface area (Å²) in [6.07, 6.45) is 1.39. The number of nitrogens with zero attached hydrogens (tertiary/aromatic N) is 3. The number of ether oxygens (including phenoxy) is 1. The maximum atomic E-state index is 13.4. The number of likely N-dealkylation sites (tertiary alicyclic amines) is 1. The van der Waals surface area contributed by atoms with Crippen LogP contribution in [0.5, 0.6) is 0 Å². The van der Waals surface area contributed by atoms with E-state index in [2.05, 4.69) is 22.2 Å². The molecule has 0 radical (unpaired) electrons. The van der Waals surface area contributed by atoms with Crippen LogP contribution in [0.3, 0.4) is 0 Å². The fraction of sp³-hybridized carbons (Fsp3) is 0.500. The smallest absolute Gasteiger partial charge is 0.409 e. The molecule has 0 N–H and O–H groups in total. The predicted octanol–water partition coefficient (Wildman–Crippen LogP) is 3.40. The monoisotopic (exact) mass is 337 g/mol. The standard InChI is InChI=1S/C16H20FN3O2S/c1-2-22-16(21)19-7-5-12(6-8-19)20-14-4-3-11(17)9-13(14)18-15(20)10-23/h3-4,9,12,23H,2,5-8,10H2,1H3. The molecular weight excluding hydrogens is 317 g/mol. The van der Waals surface area contributed by atoms with Gasteiger partial charge in [-0.1, -0.05) is 0 Å². The van der Waals surface area contributed by atoms with Crippen molar-refractivity contribution in [2.75, 3.05) is 19.7 Å². The van der Waals surface area contributed by atoms with E-state index < -0.39 is 0 Å². The van der Waals surface area contributed by atoms with Crippen LogP contribution in [-0.4, -0.2) is 40.2 Å². The normalized spacial score (nSPS) is 16.0. The lowest BCUT2D eigenvalue weighted by Crippen LogP contribution is -2.39. The highest BCUT2D eigenvalue weighted by Crippen LogP contribution is 2.30. The second-order valence-electron chi connectivity index (χ2n) is 5.61. The summed E-state index contributed by atoms with van der Waals surface area (Å²) < 4.78 is 20.6.